The maximum Gasteiger partial charge on any atom is 0.303 e. The van der Waals surface area contributed by atoms with Crippen molar-refractivity contribution in [3.05, 3.63) is 30.3 Å². The van der Waals surface area contributed by atoms with Gasteiger partial charge in [-0.2, -0.15) is 16.5 Å². The molecule has 1 aromatic carbocycles. The Hall–Kier alpha value is -1.58. The molecule has 0 aliphatic carbocycles. The molecule has 0 heterocycles. The summed E-state index contributed by atoms with van der Waals surface area (Å²) in [5, 5.41) is 8.67. The van der Waals surface area contributed by atoms with Gasteiger partial charge in [-0.15, -0.1) is 0 Å². The van der Waals surface area contributed by atoms with Gasteiger partial charge < -0.3 is 10.0 Å². The van der Waals surface area contributed by atoms with Gasteiger partial charge >= 0.3 is 5.97 Å². The van der Waals surface area contributed by atoms with E-state index in [2.05, 4.69) is 4.72 Å². The summed E-state index contributed by atoms with van der Waals surface area (Å²) < 4.78 is 27.4. The summed E-state index contributed by atoms with van der Waals surface area (Å²) in [4.78, 5) is 24.6. The number of rotatable bonds is 11. The second kappa shape index (κ2) is 10.4. The lowest BCUT2D eigenvalue weighted by molar-refractivity contribution is -0.138. The van der Waals surface area contributed by atoms with Gasteiger partial charge in [0.2, 0.25) is 15.9 Å². The molecular formula is C16H24N2O5S2. The molecular weight excluding hydrogens is 364 g/mol. The second-order valence-corrected chi connectivity index (χ2v) is 8.23. The van der Waals surface area contributed by atoms with Gasteiger partial charge in [-0.25, -0.2) is 8.42 Å². The zero-order valence-electron chi connectivity index (χ0n) is 14.3. The molecule has 1 aromatic rings. The predicted molar refractivity (Wildman–Crippen MR) is 98.1 cm³/mol. The minimum atomic E-state index is -3.80. The quantitative estimate of drug-likeness (QED) is 0.594. The highest BCUT2D eigenvalue weighted by Gasteiger charge is 2.27. The van der Waals surface area contributed by atoms with E-state index in [0.717, 1.165) is 0 Å². The number of nitrogens with one attached hydrogen (secondary N) is 1. The number of likely N-dealkylation sites (N-methyl/N-ethyl adjacent to an activating group) is 1. The van der Waals surface area contributed by atoms with Crippen molar-refractivity contribution in [1.29, 1.82) is 0 Å². The van der Waals surface area contributed by atoms with Crippen LogP contribution in [0.3, 0.4) is 0 Å². The Labute approximate surface area is 152 Å². The molecule has 1 atom stereocenters. The van der Waals surface area contributed by atoms with E-state index in [4.69, 9.17) is 5.11 Å². The topological polar surface area (TPSA) is 104 Å². The molecule has 9 heteroatoms. The fraction of sp³-hybridized carbons (Fsp3) is 0.500. The Morgan fingerprint density at radius 1 is 1.28 bits per heavy atom. The lowest BCUT2D eigenvalue weighted by Crippen LogP contribution is -2.47. The average Bonchev–Trinajstić information content (AvgIpc) is 2.58. The third-order valence-electron chi connectivity index (χ3n) is 3.52. The van der Waals surface area contributed by atoms with Gasteiger partial charge in [0.25, 0.3) is 0 Å². The molecule has 0 aliphatic rings. The Balaban J connectivity index is 2.82. The Bertz CT molecular complexity index is 664. The van der Waals surface area contributed by atoms with Crippen LogP contribution in [0.25, 0.3) is 0 Å². The molecule has 25 heavy (non-hydrogen) atoms. The Kier molecular flexibility index (Phi) is 8.95. The molecule has 1 unspecified atom stereocenters. The van der Waals surface area contributed by atoms with Crippen LogP contribution in [-0.4, -0.2) is 61.9 Å². The van der Waals surface area contributed by atoms with Crippen molar-refractivity contribution in [2.45, 2.75) is 30.2 Å². The minimum absolute atomic E-state index is 0.0388. The molecule has 0 radical (unpaired) electrons. The molecule has 1 rings (SSSR count). The Morgan fingerprint density at radius 2 is 1.92 bits per heavy atom. The summed E-state index contributed by atoms with van der Waals surface area (Å²) in [6.45, 7) is 0.258. The van der Waals surface area contributed by atoms with Gasteiger partial charge in [0.15, 0.2) is 0 Å². The van der Waals surface area contributed by atoms with Gasteiger partial charge in [0, 0.05) is 20.0 Å². The summed E-state index contributed by atoms with van der Waals surface area (Å²) in [6.07, 6.45) is 2.51. The van der Waals surface area contributed by atoms with Crippen LogP contribution in [-0.2, 0) is 19.6 Å². The highest BCUT2D eigenvalue weighted by Crippen LogP contribution is 2.12. The maximum atomic E-state index is 12.6. The number of benzene rings is 1. The molecule has 7 nitrogen and oxygen atoms in total. The van der Waals surface area contributed by atoms with E-state index in [-0.39, 0.29) is 23.8 Å². The number of carboxylic acid groups (broad SMARTS) is 1. The Morgan fingerprint density at radius 3 is 2.48 bits per heavy atom. The van der Waals surface area contributed by atoms with Gasteiger partial charge in [0.05, 0.1) is 4.90 Å². The minimum Gasteiger partial charge on any atom is -0.481 e. The molecule has 0 spiro atoms. The molecule has 0 saturated carbocycles. The number of thioether (sulfide) groups is 1. The molecule has 1 amide bonds. The maximum absolute atomic E-state index is 12.6. The third kappa shape index (κ3) is 7.45. The van der Waals surface area contributed by atoms with E-state index in [9.17, 15) is 18.0 Å². The van der Waals surface area contributed by atoms with Gasteiger partial charge in [-0.3, -0.25) is 9.59 Å². The summed E-state index contributed by atoms with van der Waals surface area (Å²) in [5.41, 5.74) is 0. The van der Waals surface area contributed by atoms with Gasteiger partial charge in [-0.1, -0.05) is 18.2 Å². The number of amides is 1. The van der Waals surface area contributed by atoms with Crippen molar-refractivity contribution in [1.82, 2.24) is 9.62 Å². The molecule has 0 bridgehead atoms. The first-order valence-corrected chi connectivity index (χ1v) is 10.7. The van der Waals surface area contributed by atoms with Crippen molar-refractivity contribution < 1.29 is 23.1 Å². The largest absolute Gasteiger partial charge is 0.481 e. The number of hydrogen-bond acceptors (Lipinski definition) is 5. The summed E-state index contributed by atoms with van der Waals surface area (Å²) in [7, 11) is -2.25. The van der Waals surface area contributed by atoms with Crippen LogP contribution < -0.4 is 4.72 Å². The zero-order chi connectivity index (χ0) is 18.9. The lowest BCUT2D eigenvalue weighted by atomic mass is 10.2. The van der Waals surface area contributed by atoms with Gasteiger partial charge in [-0.05, 0) is 37.0 Å². The zero-order valence-corrected chi connectivity index (χ0v) is 16.0. The monoisotopic (exact) mass is 388 g/mol. The van der Waals surface area contributed by atoms with Crippen LogP contribution >= 0.6 is 11.8 Å². The first-order valence-electron chi connectivity index (χ1n) is 7.81. The van der Waals surface area contributed by atoms with Crippen molar-refractivity contribution in [2.75, 3.05) is 25.6 Å². The average molecular weight is 389 g/mol. The summed E-state index contributed by atoms with van der Waals surface area (Å²) in [6, 6.07) is 7.00. The van der Waals surface area contributed by atoms with E-state index in [1.54, 1.807) is 25.2 Å². The van der Waals surface area contributed by atoms with E-state index in [1.807, 2.05) is 6.26 Å². The number of carboxylic acids is 1. The number of carbonyl (C=O) groups excluding carboxylic acids is 1. The molecule has 2 N–H and O–H groups in total. The molecule has 0 fully saturated rings. The van der Waals surface area contributed by atoms with Crippen LogP contribution in [0.4, 0.5) is 0 Å². The smallest absolute Gasteiger partial charge is 0.303 e. The first-order chi connectivity index (χ1) is 11.8. The van der Waals surface area contributed by atoms with E-state index >= 15 is 0 Å². The van der Waals surface area contributed by atoms with Crippen molar-refractivity contribution in [2.24, 2.45) is 0 Å². The predicted octanol–water partition coefficient (Wildman–Crippen LogP) is 1.41. The number of sulfonamides is 1. The molecule has 0 saturated heterocycles. The van der Waals surface area contributed by atoms with Crippen LogP contribution in [0.1, 0.15) is 19.3 Å². The van der Waals surface area contributed by atoms with Crippen LogP contribution in [0.5, 0.6) is 0 Å². The summed E-state index contributed by atoms with van der Waals surface area (Å²) >= 11 is 1.52. The summed E-state index contributed by atoms with van der Waals surface area (Å²) in [5.74, 6) is -0.667. The van der Waals surface area contributed by atoms with Crippen molar-refractivity contribution in [3.8, 4) is 0 Å². The first kappa shape index (κ1) is 21.5. The SMILES string of the molecule is CSCCC(NS(=O)(=O)c1ccccc1)C(=O)N(C)CCCC(=O)O. The molecule has 140 valence electrons. The third-order valence-corrected chi connectivity index (χ3v) is 5.65. The standard InChI is InChI=1S/C16H24N2O5S2/c1-18(11-6-9-15(19)20)16(21)14(10-12-24-2)17-25(22,23)13-7-4-3-5-8-13/h3-5,7-8,14,17H,6,9-12H2,1-2H3,(H,19,20). The van der Waals surface area contributed by atoms with Crippen LogP contribution in [0.2, 0.25) is 0 Å². The lowest BCUT2D eigenvalue weighted by Gasteiger charge is -2.24. The highest BCUT2D eigenvalue weighted by atomic mass is 32.2. The number of nitrogens with zero attached hydrogens (tertiary/aromatic N) is 1. The number of carbonyl (C=O) groups is 2. The van der Waals surface area contributed by atoms with Crippen molar-refractivity contribution in [3.63, 3.8) is 0 Å². The number of hydrogen-bond donors (Lipinski definition) is 2. The van der Waals surface area contributed by atoms with E-state index in [1.165, 1.54) is 28.8 Å². The normalized spacial score (nSPS) is 12.6. The van der Waals surface area contributed by atoms with E-state index < -0.39 is 22.0 Å². The highest BCUT2D eigenvalue weighted by molar-refractivity contribution is 7.98. The second-order valence-electron chi connectivity index (χ2n) is 5.53. The van der Waals surface area contributed by atoms with Crippen LogP contribution in [0.15, 0.2) is 35.2 Å². The van der Waals surface area contributed by atoms with Gasteiger partial charge in [0.1, 0.15) is 6.04 Å². The molecule has 0 aliphatic heterocycles. The fourth-order valence-electron chi connectivity index (χ4n) is 2.17. The van der Waals surface area contributed by atoms with Crippen molar-refractivity contribution >= 4 is 33.7 Å². The fourth-order valence-corrected chi connectivity index (χ4v) is 3.88. The molecule has 0 aromatic heterocycles. The van der Waals surface area contributed by atoms with E-state index in [0.29, 0.717) is 18.6 Å². The number of aliphatic carboxylic acids is 1. The van der Waals surface area contributed by atoms with Crippen LogP contribution in [0, 0.1) is 0 Å².